The Kier molecular flexibility index (Phi) is 5.46. The van der Waals surface area contributed by atoms with Crippen LogP contribution in [0.3, 0.4) is 0 Å². The van der Waals surface area contributed by atoms with Crippen molar-refractivity contribution in [2.45, 2.75) is 33.6 Å². The zero-order chi connectivity index (χ0) is 18.5. The molecule has 0 aliphatic rings. The van der Waals surface area contributed by atoms with Crippen LogP contribution in [0.2, 0.25) is 0 Å². The molecule has 2 N–H and O–H groups in total. The highest BCUT2D eigenvalue weighted by Gasteiger charge is 2.09. The lowest BCUT2D eigenvalue weighted by Gasteiger charge is -2.12. The van der Waals surface area contributed by atoms with Gasteiger partial charge in [-0.3, -0.25) is 0 Å². The molecule has 0 saturated carbocycles. The second kappa shape index (κ2) is 7.95. The molecule has 0 saturated heterocycles. The quantitative estimate of drug-likeness (QED) is 0.601. The van der Waals surface area contributed by atoms with Gasteiger partial charge < -0.3 is 10.6 Å². The first-order chi connectivity index (χ1) is 12.5. The van der Waals surface area contributed by atoms with Gasteiger partial charge in [-0.25, -0.2) is 9.37 Å². The van der Waals surface area contributed by atoms with Crippen LogP contribution in [0.1, 0.15) is 30.0 Å². The minimum Gasteiger partial charge on any atom is -0.338 e. The number of nitrogens with zero attached hydrogens (tertiary/aromatic N) is 2. The lowest BCUT2D eigenvalue weighted by molar-refractivity contribution is 0.619. The predicted octanol–water partition coefficient (Wildman–Crippen LogP) is 5.67. The highest BCUT2D eigenvalue weighted by Crippen LogP contribution is 2.23. The third kappa shape index (κ3) is 4.36. The van der Waals surface area contributed by atoms with Gasteiger partial charge >= 0.3 is 0 Å². The third-order valence-electron chi connectivity index (χ3n) is 4.18. The van der Waals surface area contributed by atoms with E-state index in [0.717, 1.165) is 24.2 Å². The molecule has 0 amide bonds. The molecular weight excluding hydrogens is 327 g/mol. The van der Waals surface area contributed by atoms with Gasteiger partial charge in [-0.2, -0.15) is 4.98 Å². The summed E-state index contributed by atoms with van der Waals surface area (Å²) in [4.78, 5) is 8.28. The first-order valence-corrected chi connectivity index (χ1v) is 8.78. The maximum atomic E-state index is 14.1. The van der Waals surface area contributed by atoms with E-state index in [4.69, 9.17) is 0 Å². The molecule has 0 aliphatic carbocycles. The summed E-state index contributed by atoms with van der Waals surface area (Å²) in [6.45, 7) is 6.25. The molecule has 1 heterocycles. The molecule has 3 aromatic rings. The van der Waals surface area contributed by atoms with E-state index in [0.29, 0.717) is 5.95 Å². The number of hydrogen-bond acceptors (Lipinski definition) is 4. The van der Waals surface area contributed by atoms with E-state index in [9.17, 15) is 4.39 Å². The average molecular weight is 350 g/mol. The van der Waals surface area contributed by atoms with Gasteiger partial charge in [0.05, 0.1) is 6.20 Å². The SMILES string of the molecule is CCCc1ccc(Nc2nc(Nc3ccc(C)cc3)ncc2F)cc1C. The van der Waals surface area contributed by atoms with Gasteiger partial charge in [-0.05, 0) is 55.7 Å². The summed E-state index contributed by atoms with van der Waals surface area (Å²) in [7, 11) is 0. The summed E-state index contributed by atoms with van der Waals surface area (Å²) >= 11 is 0. The molecule has 5 heteroatoms. The third-order valence-corrected chi connectivity index (χ3v) is 4.18. The molecule has 0 aliphatic heterocycles. The summed E-state index contributed by atoms with van der Waals surface area (Å²) in [5.74, 6) is 0.00377. The van der Waals surface area contributed by atoms with E-state index in [1.807, 2.05) is 43.3 Å². The lowest BCUT2D eigenvalue weighted by Crippen LogP contribution is -2.03. The summed E-state index contributed by atoms with van der Waals surface area (Å²) in [5.41, 5.74) is 5.32. The zero-order valence-corrected chi connectivity index (χ0v) is 15.3. The van der Waals surface area contributed by atoms with Crippen LogP contribution in [0.25, 0.3) is 0 Å². The van der Waals surface area contributed by atoms with Crippen molar-refractivity contribution in [3.8, 4) is 0 Å². The first-order valence-electron chi connectivity index (χ1n) is 8.78. The Morgan fingerprint density at radius 1 is 0.962 bits per heavy atom. The molecule has 1 aromatic heterocycles. The second-order valence-electron chi connectivity index (χ2n) is 6.40. The average Bonchev–Trinajstić information content (AvgIpc) is 2.62. The van der Waals surface area contributed by atoms with Crippen molar-refractivity contribution in [1.82, 2.24) is 9.97 Å². The summed E-state index contributed by atoms with van der Waals surface area (Å²) < 4.78 is 14.1. The summed E-state index contributed by atoms with van der Waals surface area (Å²) in [5, 5.41) is 6.14. The predicted molar refractivity (Wildman–Crippen MR) is 105 cm³/mol. The number of nitrogens with one attached hydrogen (secondary N) is 2. The normalized spacial score (nSPS) is 10.6. The number of benzene rings is 2. The topological polar surface area (TPSA) is 49.8 Å². The Labute approximate surface area is 153 Å². The molecule has 134 valence electrons. The molecule has 0 fully saturated rings. The van der Waals surface area contributed by atoms with Crippen LogP contribution in [-0.4, -0.2) is 9.97 Å². The minimum atomic E-state index is -0.491. The monoisotopic (exact) mass is 350 g/mol. The van der Waals surface area contributed by atoms with E-state index in [1.165, 1.54) is 22.9 Å². The molecule has 0 atom stereocenters. The van der Waals surface area contributed by atoms with Gasteiger partial charge in [-0.1, -0.05) is 37.1 Å². The Bertz CT molecular complexity index is 891. The van der Waals surface area contributed by atoms with Crippen molar-refractivity contribution in [2.75, 3.05) is 10.6 Å². The van der Waals surface area contributed by atoms with Crippen molar-refractivity contribution in [2.24, 2.45) is 0 Å². The second-order valence-corrected chi connectivity index (χ2v) is 6.40. The van der Waals surface area contributed by atoms with Crippen LogP contribution in [0.4, 0.5) is 27.5 Å². The number of rotatable bonds is 6. The molecule has 26 heavy (non-hydrogen) atoms. The fourth-order valence-corrected chi connectivity index (χ4v) is 2.74. The number of halogens is 1. The first kappa shape index (κ1) is 17.9. The van der Waals surface area contributed by atoms with Crippen molar-refractivity contribution < 1.29 is 4.39 Å². The van der Waals surface area contributed by atoms with Crippen LogP contribution in [-0.2, 0) is 6.42 Å². The van der Waals surface area contributed by atoms with Gasteiger partial charge in [0.15, 0.2) is 11.6 Å². The number of hydrogen-bond donors (Lipinski definition) is 2. The van der Waals surface area contributed by atoms with Crippen LogP contribution in [0, 0.1) is 19.7 Å². The summed E-state index contributed by atoms with van der Waals surface area (Å²) in [6, 6.07) is 13.9. The van der Waals surface area contributed by atoms with Gasteiger partial charge in [0, 0.05) is 11.4 Å². The fraction of sp³-hybridized carbons (Fsp3) is 0.238. The van der Waals surface area contributed by atoms with Gasteiger partial charge in [0.2, 0.25) is 5.95 Å². The van der Waals surface area contributed by atoms with Crippen molar-refractivity contribution in [3.63, 3.8) is 0 Å². The molecule has 3 rings (SSSR count). The van der Waals surface area contributed by atoms with Crippen molar-refractivity contribution >= 4 is 23.1 Å². The fourth-order valence-electron chi connectivity index (χ4n) is 2.74. The van der Waals surface area contributed by atoms with Crippen LogP contribution >= 0.6 is 0 Å². The minimum absolute atomic E-state index is 0.150. The van der Waals surface area contributed by atoms with E-state index in [2.05, 4.69) is 40.5 Å². The van der Waals surface area contributed by atoms with Crippen LogP contribution in [0.5, 0.6) is 0 Å². The Hall–Kier alpha value is -2.95. The molecule has 0 radical (unpaired) electrons. The highest BCUT2D eigenvalue weighted by atomic mass is 19.1. The number of aryl methyl sites for hydroxylation is 3. The van der Waals surface area contributed by atoms with E-state index in [1.54, 1.807) is 0 Å². The molecule has 0 spiro atoms. The van der Waals surface area contributed by atoms with Gasteiger partial charge in [0.1, 0.15) is 0 Å². The van der Waals surface area contributed by atoms with Gasteiger partial charge in [0.25, 0.3) is 0 Å². The molecule has 2 aromatic carbocycles. The van der Waals surface area contributed by atoms with E-state index in [-0.39, 0.29) is 5.82 Å². The maximum Gasteiger partial charge on any atom is 0.229 e. The highest BCUT2D eigenvalue weighted by molar-refractivity contribution is 5.61. The largest absolute Gasteiger partial charge is 0.338 e. The standard InChI is InChI=1S/C21H23FN4/c1-4-5-16-8-11-18(12-15(16)3)24-20-19(22)13-23-21(26-20)25-17-9-6-14(2)7-10-17/h6-13H,4-5H2,1-3H3,(H2,23,24,25,26). The number of aromatic nitrogens is 2. The van der Waals surface area contributed by atoms with Crippen molar-refractivity contribution in [1.29, 1.82) is 0 Å². The van der Waals surface area contributed by atoms with Crippen LogP contribution in [0.15, 0.2) is 48.7 Å². The number of anilines is 4. The molecule has 0 bridgehead atoms. The summed E-state index contributed by atoms with van der Waals surface area (Å²) in [6.07, 6.45) is 3.31. The van der Waals surface area contributed by atoms with E-state index >= 15 is 0 Å². The van der Waals surface area contributed by atoms with E-state index < -0.39 is 5.82 Å². The molecule has 0 unspecified atom stereocenters. The Morgan fingerprint density at radius 3 is 2.38 bits per heavy atom. The maximum absolute atomic E-state index is 14.1. The van der Waals surface area contributed by atoms with Crippen LogP contribution < -0.4 is 10.6 Å². The van der Waals surface area contributed by atoms with Gasteiger partial charge in [-0.15, -0.1) is 0 Å². The Balaban J connectivity index is 1.79. The molecular formula is C21H23FN4. The Morgan fingerprint density at radius 2 is 1.69 bits per heavy atom. The zero-order valence-electron chi connectivity index (χ0n) is 15.3. The van der Waals surface area contributed by atoms with Crippen molar-refractivity contribution in [3.05, 3.63) is 71.2 Å². The lowest BCUT2D eigenvalue weighted by atomic mass is 10.0. The molecule has 4 nitrogen and oxygen atoms in total. The smallest absolute Gasteiger partial charge is 0.229 e.